The first-order valence-electron chi connectivity index (χ1n) is 9.93. The van der Waals surface area contributed by atoms with Gasteiger partial charge in [0.15, 0.2) is 5.78 Å². The van der Waals surface area contributed by atoms with Crippen LogP contribution in [-0.4, -0.2) is 44.1 Å². The molecule has 1 N–H and O–H groups in total. The number of nitrogens with zero attached hydrogens (tertiary/aromatic N) is 1. The Balaban J connectivity index is 1.89. The molecule has 166 valence electrons. The number of carbonyl (C=O) groups is 2. The van der Waals surface area contributed by atoms with Crippen LogP contribution >= 0.6 is 11.6 Å². The average molecular weight is 465 g/mol. The maximum absolute atomic E-state index is 13.3. The first kappa shape index (κ1) is 23.2. The van der Waals surface area contributed by atoms with Crippen molar-refractivity contribution in [2.45, 2.75) is 44.0 Å². The number of ketones is 1. The molecule has 0 spiro atoms. The number of benzene rings is 2. The molecule has 1 saturated heterocycles. The van der Waals surface area contributed by atoms with Gasteiger partial charge in [-0.2, -0.15) is 4.31 Å². The van der Waals surface area contributed by atoms with Crippen molar-refractivity contribution in [2.75, 3.05) is 19.0 Å². The Morgan fingerprint density at radius 3 is 2.45 bits per heavy atom. The molecule has 7 nitrogen and oxygen atoms in total. The molecule has 0 bridgehead atoms. The van der Waals surface area contributed by atoms with Crippen molar-refractivity contribution >= 4 is 39.0 Å². The predicted octanol–water partition coefficient (Wildman–Crippen LogP) is 4.04. The Labute approximate surface area is 187 Å². The second-order valence-electron chi connectivity index (χ2n) is 7.50. The molecule has 2 aromatic carbocycles. The van der Waals surface area contributed by atoms with Crippen LogP contribution < -0.4 is 10.1 Å². The molecule has 2 aromatic rings. The highest BCUT2D eigenvalue weighted by Crippen LogP contribution is 2.32. The number of aryl methyl sites for hydroxylation is 1. The highest BCUT2D eigenvalue weighted by atomic mass is 35.5. The van der Waals surface area contributed by atoms with Crippen LogP contribution in [0.1, 0.15) is 42.1 Å². The zero-order valence-corrected chi connectivity index (χ0v) is 19.2. The summed E-state index contributed by atoms with van der Waals surface area (Å²) in [6.45, 7) is 3.46. The van der Waals surface area contributed by atoms with Gasteiger partial charge in [-0.15, -0.1) is 0 Å². The molecule has 0 aromatic heterocycles. The van der Waals surface area contributed by atoms with Crippen molar-refractivity contribution in [3.63, 3.8) is 0 Å². The van der Waals surface area contributed by atoms with E-state index in [-0.39, 0.29) is 17.2 Å². The molecule has 1 aliphatic rings. The van der Waals surface area contributed by atoms with Gasteiger partial charge in [0.2, 0.25) is 15.9 Å². The first-order chi connectivity index (χ1) is 14.6. The van der Waals surface area contributed by atoms with Crippen molar-refractivity contribution in [3.05, 3.63) is 52.5 Å². The lowest BCUT2D eigenvalue weighted by Gasteiger charge is -2.33. The van der Waals surface area contributed by atoms with Gasteiger partial charge in [0.1, 0.15) is 11.8 Å². The van der Waals surface area contributed by atoms with E-state index in [1.807, 2.05) is 0 Å². The number of amides is 1. The fourth-order valence-corrected chi connectivity index (χ4v) is 5.41. The molecular formula is C22H25ClN2O5S. The van der Waals surface area contributed by atoms with Crippen molar-refractivity contribution < 1.29 is 22.7 Å². The van der Waals surface area contributed by atoms with Crippen LogP contribution in [0.4, 0.5) is 5.69 Å². The van der Waals surface area contributed by atoms with Crippen LogP contribution in [0.15, 0.2) is 41.3 Å². The monoisotopic (exact) mass is 464 g/mol. The highest BCUT2D eigenvalue weighted by Gasteiger charge is 2.38. The summed E-state index contributed by atoms with van der Waals surface area (Å²) in [5, 5.41) is 3.31. The van der Waals surface area contributed by atoms with Gasteiger partial charge in [0.25, 0.3) is 0 Å². The van der Waals surface area contributed by atoms with E-state index in [2.05, 4.69) is 5.32 Å². The van der Waals surface area contributed by atoms with E-state index in [1.54, 1.807) is 19.1 Å². The molecule has 0 aliphatic carbocycles. The number of ether oxygens (including phenoxy) is 1. The van der Waals surface area contributed by atoms with Crippen LogP contribution in [0.5, 0.6) is 5.75 Å². The van der Waals surface area contributed by atoms with Gasteiger partial charge in [0, 0.05) is 23.2 Å². The summed E-state index contributed by atoms with van der Waals surface area (Å²) in [7, 11) is -2.44. The van der Waals surface area contributed by atoms with Gasteiger partial charge in [-0.3, -0.25) is 9.59 Å². The van der Waals surface area contributed by atoms with Crippen LogP contribution in [0.3, 0.4) is 0 Å². The topological polar surface area (TPSA) is 92.8 Å². The van der Waals surface area contributed by atoms with E-state index in [4.69, 9.17) is 16.3 Å². The van der Waals surface area contributed by atoms with E-state index in [0.717, 1.165) is 12.0 Å². The molecule has 3 rings (SSSR count). The molecule has 0 saturated carbocycles. The fraction of sp³-hybridized carbons (Fsp3) is 0.364. The molecule has 1 atom stereocenters. The average Bonchev–Trinajstić information content (AvgIpc) is 2.76. The zero-order valence-electron chi connectivity index (χ0n) is 17.6. The number of rotatable bonds is 6. The van der Waals surface area contributed by atoms with Crippen LogP contribution in [-0.2, 0) is 14.8 Å². The standard InChI is InChI=1S/C22H25ClN2O5S/c1-14-12-19(21(30-3)13-18(14)23)24-22(27)20-6-4-5-11-25(20)31(28,29)17-9-7-16(8-10-17)15(2)26/h7-10,12-13,20H,4-6,11H2,1-3H3,(H,24,27). The zero-order chi connectivity index (χ0) is 22.8. The van der Waals surface area contributed by atoms with E-state index in [9.17, 15) is 18.0 Å². The summed E-state index contributed by atoms with van der Waals surface area (Å²) >= 11 is 6.13. The first-order valence-corrected chi connectivity index (χ1v) is 11.7. The minimum Gasteiger partial charge on any atom is -0.495 e. The SMILES string of the molecule is COc1cc(Cl)c(C)cc1NC(=O)C1CCCCN1S(=O)(=O)c1ccc(C(C)=O)cc1. The Morgan fingerprint density at radius 1 is 1.16 bits per heavy atom. The molecule has 1 fully saturated rings. The summed E-state index contributed by atoms with van der Waals surface area (Å²) < 4.78 is 33.1. The Kier molecular flexibility index (Phi) is 7.03. The Morgan fingerprint density at radius 2 is 1.84 bits per heavy atom. The van der Waals surface area contributed by atoms with Crippen molar-refractivity contribution in [1.82, 2.24) is 4.31 Å². The van der Waals surface area contributed by atoms with Gasteiger partial charge >= 0.3 is 0 Å². The van der Waals surface area contributed by atoms with Gasteiger partial charge < -0.3 is 10.1 Å². The maximum Gasteiger partial charge on any atom is 0.243 e. The molecule has 1 unspecified atom stereocenters. The number of methoxy groups -OCH3 is 1. The maximum atomic E-state index is 13.3. The Hall–Kier alpha value is -2.42. The number of Topliss-reactive ketones (excluding diaryl/α,β-unsaturated/α-hetero) is 1. The van der Waals surface area contributed by atoms with Gasteiger partial charge in [-0.05, 0) is 50.5 Å². The van der Waals surface area contributed by atoms with E-state index in [0.29, 0.717) is 34.9 Å². The van der Waals surface area contributed by atoms with Crippen LogP contribution in [0, 0.1) is 6.92 Å². The Bertz CT molecular complexity index is 1100. The quantitative estimate of drug-likeness (QED) is 0.651. The second-order valence-corrected chi connectivity index (χ2v) is 9.80. The molecule has 1 amide bonds. The number of anilines is 1. The fourth-order valence-electron chi connectivity index (χ4n) is 3.60. The summed E-state index contributed by atoms with van der Waals surface area (Å²) in [4.78, 5) is 24.7. The third kappa shape index (κ3) is 4.92. The lowest BCUT2D eigenvalue weighted by Crippen LogP contribution is -2.49. The van der Waals surface area contributed by atoms with Gasteiger partial charge in [-0.25, -0.2) is 8.42 Å². The molecule has 0 radical (unpaired) electrons. The normalized spacial score (nSPS) is 17.2. The van der Waals surface area contributed by atoms with Gasteiger partial charge in [-0.1, -0.05) is 30.2 Å². The van der Waals surface area contributed by atoms with Gasteiger partial charge in [0.05, 0.1) is 17.7 Å². The van der Waals surface area contributed by atoms with Crippen LogP contribution in [0.25, 0.3) is 0 Å². The van der Waals surface area contributed by atoms with E-state index >= 15 is 0 Å². The third-order valence-corrected chi connectivity index (χ3v) is 7.69. The molecule has 1 heterocycles. The highest BCUT2D eigenvalue weighted by molar-refractivity contribution is 7.89. The number of hydrogen-bond acceptors (Lipinski definition) is 5. The third-order valence-electron chi connectivity index (χ3n) is 5.36. The summed E-state index contributed by atoms with van der Waals surface area (Å²) in [5.41, 5.74) is 1.62. The number of hydrogen-bond donors (Lipinski definition) is 1. The molecule has 9 heteroatoms. The van der Waals surface area contributed by atoms with E-state index < -0.39 is 22.0 Å². The number of nitrogens with one attached hydrogen (secondary N) is 1. The predicted molar refractivity (Wildman–Crippen MR) is 119 cm³/mol. The van der Waals surface area contributed by atoms with Crippen LogP contribution in [0.2, 0.25) is 5.02 Å². The van der Waals surface area contributed by atoms with Crippen molar-refractivity contribution in [3.8, 4) is 5.75 Å². The summed E-state index contributed by atoms with van der Waals surface area (Å²) in [5.74, 6) is -0.177. The summed E-state index contributed by atoms with van der Waals surface area (Å²) in [6.07, 6.45) is 1.81. The minimum absolute atomic E-state index is 0.0529. The van der Waals surface area contributed by atoms with E-state index in [1.165, 1.54) is 42.6 Å². The number of sulfonamides is 1. The number of piperidine rings is 1. The van der Waals surface area contributed by atoms with Crippen molar-refractivity contribution in [2.24, 2.45) is 0 Å². The molecule has 31 heavy (non-hydrogen) atoms. The lowest BCUT2D eigenvalue weighted by atomic mass is 10.0. The van der Waals surface area contributed by atoms with Crippen molar-refractivity contribution in [1.29, 1.82) is 0 Å². The minimum atomic E-state index is -3.91. The smallest absolute Gasteiger partial charge is 0.243 e. The number of halogens is 1. The number of carbonyl (C=O) groups excluding carboxylic acids is 2. The lowest BCUT2D eigenvalue weighted by molar-refractivity contribution is -0.120. The summed E-state index contributed by atoms with van der Waals surface area (Å²) in [6, 6.07) is 8.22. The largest absolute Gasteiger partial charge is 0.495 e. The molecular weight excluding hydrogens is 440 g/mol. The molecule has 1 aliphatic heterocycles. The second kappa shape index (κ2) is 9.38.